The van der Waals surface area contributed by atoms with Gasteiger partial charge in [-0.15, -0.1) is 0 Å². The number of hydrogen-bond acceptors (Lipinski definition) is 4. The molecule has 0 aliphatic carbocycles. The van der Waals surface area contributed by atoms with Crippen molar-refractivity contribution in [1.29, 1.82) is 0 Å². The molecule has 2 aromatic rings. The minimum atomic E-state index is -0.225. The maximum absolute atomic E-state index is 12.6. The van der Waals surface area contributed by atoms with Crippen molar-refractivity contribution in [2.24, 2.45) is 0 Å². The molecule has 2 amide bonds. The third-order valence-electron chi connectivity index (χ3n) is 4.52. The minimum Gasteiger partial charge on any atom is -0.493 e. The molecule has 2 aromatic carbocycles. The third kappa shape index (κ3) is 4.39. The fourth-order valence-corrected chi connectivity index (χ4v) is 3.47. The third-order valence-corrected chi connectivity index (χ3v) is 4.81. The fraction of sp³-hybridized carbons (Fsp3) is 0.333. The number of nitrogens with one attached hydrogen (secondary N) is 1. The summed E-state index contributed by atoms with van der Waals surface area (Å²) in [5, 5.41) is 3.31. The number of hydrogen-bond donors (Lipinski definition) is 1. The number of amides is 2. The van der Waals surface area contributed by atoms with Crippen molar-refractivity contribution in [3.05, 3.63) is 52.5 Å². The molecule has 0 unspecified atom stereocenters. The first-order chi connectivity index (χ1) is 13.5. The molecule has 1 fully saturated rings. The number of anilines is 1. The molecule has 1 aliphatic heterocycles. The van der Waals surface area contributed by atoms with Gasteiger partial charge in [0.05, 0.1) is 18.7 Å². The smallest absolute Gasteiger partial charge is 0.251 e. The van der Waals surface area contributed by atoms with Gasteiger partial charge in [0.25, 0.3) is 5.91 Å². The molecular weight excluding hydrogens is 380 g/mol. The van der Waals surface area contributed by atoms with Gasteiger partial charge in [0.15, 0.2) is 11.5 Å². The Bertz CT molecular complexity index is 885. The molecule has 7 heteroatoms. The van der Waals surface area contributed by atoms with E-state index in [4.69, 9.17) is 21.1 Å². The van der Waals surface area contributed by atoms with Gasteiger partial charge in [-0.3, -0.25) is 9.59 Å². The van der Waals surface area contributed by atoms with Gasteiger partial charge in [-0.1, -0.05) is 17.7 Å². The van der Waals surface area contributed by atoms with Crippen LogP contribution in [0.15, 0.2) is 36.4 Å². The summed E-state index contributed by atoms with van der Waals surface area (Å²) in [6, 6.07) is 10.6. The molecule has 6 nitrogen and oxygen atoms in total. The quantitative estimate of drug-likeness (QED) is 0.764. The van der Waals surface area contributed by atoms with Crippen LogP contribution in [0.5, 0.6) is 11.5 Å². The van der Waals surface area contributed by atoms with E-state index in [0.717, 1.165) is 17.7 Å². The fourth-order valence-electron chi connectivity index (χ4n) is 3.18. The topological polar surface area (TPSA) is 67.9 Å². The Hall–Kier alpha value is -2.73. The molecule has 1 aliphatic rings. The Morgan fingerprint density at radius 2 is 2.11 bits per heavy atom. The summed E-state index contributed by atoms with van der Waals surface area (Å²) in [5.41, 5.74) is 2.05. The van der Waals surface area contributed by atoms with Gasteiger partial charge in [0.2, 0.25) is 5.91 Å². The largest absolute Gasteiger partial charge is 0.493 e. The molecule has 28 heavy (non-hydrogen) atoms. The second-order valence-electron chi connectivity index (χ2n) is 6.42. The first-order valence-corrected chi connectivity index (χ1v) is 9.59. The highest BCUT2D eigenvalue weighted by Crippen LogP contribution is 2.36. The normalized spacial score (nSPS) is 13.5. The van der Waals surface area contributed by atoms with Gasteiger partial charge >= 0.3 is 0 Å². The zero-order chi connectivity index (χ0) is 20.1. The Morgan fingerprint density at radius 3 is 2.79 bits per heavy atom. The van der Waals surface area contributed by atoms with E-state index >= 15 is 0 Å². The SMILES string of the molecule is CCOc1c(Cl)cc(CNC(=O)c2cccc(N3CCCC3=O)c2)cc1OC. The summed E-state index contributed by atoms with van der Waals surface area (Å²) in [7, 11) is 1.54. The van der Waals surface area contributed by atoms with Gasteiger partial charge < -0.3 is 19.7 Å². The van der Waals surface area contributed by atoms with Crippen molar-refractivity contribution in [2.75, 3.05) is 25.2 Å². The highest BCUT2D eigenvalue weighted by molar-refractivity contribution is 6.32. The van der Waals surface area contributed by atoms with Crippen LogP contribution >= 0.6 is 11.6 Å². The average Bonchev–Trinajstić information content (AvgIpc) is 3.13. The van der Waals surface area contributed by atoms with Crippen molar-refractivity contribution in [3.8, 4) is 11.5 Å². The van der Waals surface area contributed by atoms with Gasteiger partial charge in [-0.05, 0) is 49.2 Å². The summed E-state index contributed by atoms with van der Waals surface area (Å²) in [5.74, 6) is 0.879. The van der Waals surface area contributed by atoms with Crippen LogP contribution in [0.2, 0.25) is 5.02 Å². The van der Waals surface area contributed by atoms with Crippen LogP contribution in [0, 0.1) is 0 Å². The monoisotopic (exact) mass is 402 g/mol. The standard InChI is InChI=1S/C21H23ClN2O4/c1-3-28-20-17(22)10-14(11-18(20)27-2)13-23-21(26)15-6-4-7-16(12-15)24-9-5-8-19(24)25/h4,6-7,10-12H,3,5,8-9,13H2,1-2H3,(H,23,26). The van der Waals surface area contributed by atoms with Gasteiger partial charge in [-0.25, -0.2) is 0 Å². The number of nitrogens with zero attached hydrogens (tertiary/aromatic N) is 1. The molecule has 0 aromatic heterocycles. The molecule has 3 rings (SSSR count). The number of ether oxygens (including phenoxy) is 2. The number of methoxy groups -OCH3 is 1. The van der Waals surface area contributed by atoms with Gasteiger partial charge in [0, 0.05) is 30.8 Å². The van der Waals surface area contributed by atoms with E-state index in [0.29, 0.717) is 41.7 Å². The summed E-state index contributed by atoms with van der Waals surface area (Å²) < 4.78 is 10.8. The molecule has 0 spiro atoms. The Kier molecular flexibility index (Phi) is 6.41. The number of halogens is 1. The lowest BCUT2D eigenvalue weighted by Crippen LogP contribution is -2.25. The summed E-state index contributed by atoms with van der Waals surface area (Å²) in [6.07, 6.45) is 1.40. The number of carbonyl (C=O) groups excluding carboxylic acids is 2. The first-order valence-electron chi connectivity index (χ1n) is 9.21. The molecule has 148 valence electrons. The highest BCUT2D eigenvalue weighted by Gasteiger charge is 2.22. The second-order valence-corrected chi connectivity index (χ2v) is 6.83. The molecule has 1 saturated heterocycles. The van der Waals surface area contributed by atoms with Crippen LogP contribution in [0.3, 0.4) is 0 Å². The van der Waals surface area contributed by atoms with Crippen LogP contribution in [0.4, 0.5) is 5.69 Å². The molecule has 0 atom stereocenters. The Morgan fingerprint density at radius 1 is 1.29 bits per heavy atom. The maximum Gasteiger partial charge on any atom is 0.251 e. The number of rotatable bonds is 7. The van der Waals surface area contributed by atoms with E-state index in [1.807, 2.05) is 13.0 Å². The summed E-state index contributed by atoms with van der Waals surface area (Å²) in [4.78, 5) is 26.2. The summed E-state index contributed by atoms with van der Waals surface area (Å²) >= 11 is 6.28. The molecule has 1 heterocycles. The van der Waals surface area contributed by atoms with E-state index in [-0.39, 0.29) is 18.4 Å². The minimum absolute atomic E-state index is 0.0914. The van der Waals surface area contributed by atoms with Crippen molar-refractivity contribution in [2.45, 2.75) is 26.3 Å². The molecule has 0 bridgehead atoms. The predicted octanol–water partition coefficient (Wildman–Crippen LogP) is 3.80. The van der Waals surface area contributed by atoms with Crippen molar-refractivity contribution >= 4 is 29.1 Å². The first kappa shape index (κ1) is 20.0. The van der Waals surface area contributed by atoms with E-state index in [1.165, 1.54) is 0 Å². The molecule has 0 radical (unpaired) electrons. The Balaban J connectivity index is 1.70. The lowest BCUT2D eigenvalue weighted by atomic mass is 10.1. The van der Waals surface area contributed by atoms with E-state index < -0.39 is 0 Å². The van der Waals surface area contributed by atoms with Crippen molar-refractivity contribution in [3.63, 3.8) is 0 Å². The van der Waals surface area contributed by atoms with Crippen LogP contribution in [0.25, 0.3) is 0 Å². The summed E-state index contributed by atoms with van der Waals surface area (Å²) in [6.45, 7) is 3.32. The second kappa shape index (κ2) is 8.97. The van der Waals surface area contributed by atoms with Gasteiger partial charge in [-0.2, -0.15) is 0 Å². The van der Waals surface area contributed by atoms with Crippen LogP contribution in [-0.2, 0) is 11.3 Å². The lowest BCUT2D eigenvalue weighted by molar-refractivity contribution is -0.117. The van der Waals surface area contributed by atoms with Crippen LogP contribution in [0.1, 0.15) is 35.7 Å². The van der Waals surface area contributed by atoms with Crippen molar-refractivity contribution in [1.82, 2.24) is 5.32 Å². The molecular formula is C21H23ClN2O4. The number of benzene rings is 2. The predicted molar refractivity (Wildman–Crippen MR) is 108 cm³/mol. The van der Waals surface area contributed by atoms with Crippen LogP contribution < -0.4 is 19.7 Å². The highest BCUT2D eigenvalue weighted by atomic mass is 35.5. The van der Waals surface area contributed by atoms with E-state index in [2.05, 4.69) is 5.32 Å². The van der Waals surface area contributed by atoms with Crippen LogP contribution in [-0.4, -0.2) is 32.1 Å². The molecule has 0 saturated carbocycles. The zero-order valence-corrected chi connectivity index (χ0v) is 16.7. The average molecular weight is 403 g/mol. The van der Waals surface area contributed by atoms with Crippen molar-refractivity contribution < 1.29 is 19.1 Å². The lowest BCUT2D eigenvalue weighted by Gasteiger charge is -2.16. The van der Waals surface area contributed by atoms with Gasteiger partial charge in [0.1, 0.15) is 0 Å². The molecule has 1 N–H and O–H groups in total. The van der Waals surface area contributed by atoms with E-state index in [1.54, 1.807) is 42.3 Å². The number of carbonyl (C=O) groups is 2. The zero-order valence-electron chi connectivity index (χ0n) is 16.0. The maximum atomic E-state index is 12.6. The van der Waals surface area contributed by atoms with E-state index in [9.17, 15) is 9.59 Å². The Labute approximate surface area is 169 Å².